The molecule has 0 aliphatic heterocycles. The van der Waals surface area contributed by atoms with E-state index in [-0.39, 0.29) is 5.82 Å². The summed E-state index contributed by atoms with van der Waals surface area (Å²) >= 11 is 1.68. The van der Waals surface area contributed by atoms with Gasteiger partial charge in [-0.3, -0.25) is 0 Å². The Morgan fingerprint density at radius 1 is 1.43 bits per heavy atom. The molecule has 0 radical (unpaired) electrons. The van der Waals surface area contributed by atoms with E-state index in [0.717, 1.165) is 35.9 Å². The Bertz CT molecular complexity index is 556. The fraction of sp³-hybridized carbons (Fsp3) is 0.438. The van der Waals surface area contributed by atoms with E-state index in [1.54, 1.807) is 23.9 Å². The Morgan fingerprint density at radius 2 is 2.29 bits per heavy atom. The summed E-state index contributed by atoms with van der Waals surface area (Å²) in [6.07, 6.45) is 5.77. The van der Waals surface area contributed by atoms with Crippen LogP contribution in [-0.4, -0.2) is 27.9 Å². The molecule has 0 spiro atoms. The number of benzene rings is 1. The molecule has 0 saturated heterocycles. The van der Waals surface area contributed by atoms with E-state index in [4.69, 9.17) is 0 Å². The standard InChI is InChI=1S/C16H22FN3S/c1-3-7-18-14(11-16-19-8-9-20(16)2)12-21-15-6-4-5-13(17)10-15/h4-6,8-10,14,18H,3,7,11-12H2,1-2H3. The van der Waals surface area contributed by atoms with E-state index in [0.29, 0.717) is 6.04 Å². The molecule has 5 heteroatoms. The number of aryl methyl sites for hydroxylation is 1. The van der Waals surface area contributed by atoms with Crippen molar-refractivity contribution in [2.75, 3.05) is 12.3 Å². The fourth-order valence-electron chi connectivity index (χ4n) is 2.11. The average Bonchev–Trinajstić information content (AvgIpc) is 2.87. The summed E-state index contributed by atoms with van der Waals surface area (Å²) in [6.45, 7) is 3.14. The van der Waals surface area contributed by atoms with Crippen LogP contribution < -0.4 is 5.32 Å². The number of halogens is 1. The molecule has 114 valence electrons. The molecule has 2 aromatic rings. The molecule has 1 unspecified atom stereocenters. The molecule has 0 amide bonds. The Balaban J connectivity index is 1.94. The second-order valence-electron chi connectivity index (χ2n) is 5.08. The maximum absolute atomic E-state index is 13.2. The lowest BCUT2D eigenvalue weighted by Crippen LogP contribution is -2.34. The second kappa shape index (κ2) is 8.20. The third-order valence-electron chi connectivity index (χ3n) is 3.28. The van der Waals surface area contributed by atoms with Crippen LogP contribution in [0.5, 0.6) is 0 Å². The largest absolute Gasteiger partial charge is 0.338 e. The molecule has 1 atom stereocenters. The Hall–Kier alpha value is -1.33. The summed E-state index contributed by atoms with van der Waals surface area (Å²) in [4.78, 5) is 5.36. The molecule has 2 rings (SSSR count). The normalized spacial score (nSPS) is 12.5. The van der Waals surface area contributed by atoms with Crippen LogP contribution in [0.4, 0.5) is 4.39 Å². The zero-order valence-corrected chi connectivity index (χ0v) is 13.4. The van der Waals surface area contributed by atoms with Gasteiger partial charge in [0.15, 0.2) is 0 Å². The highest BCUT2D eigenvalue weighted by Crippen LogP contribution is 2.20. The number of rotatable bonds is 8. The topological polar surface area (TPSA) is 29.9 Å². The molecule has 0 aliphatic rings. The molecular formula is C16H22FN3S. The Labute approximate surface area is 130 Å². The van der Waals surface area contributed by atoms with Crippen molar-refractivity contribution in [2.45, 2.75) is 30.7 Å². The first-order valence-corrected chi connectivity index (χ1v) is 8.25. The minimum atomic E-state index is -0.179. The summed E-state index contributed by atoms with van der Waals surface area (Å²) in [7, 11) is 2.01. The Morgan fingerprint density at radius 3 is 2.95 bits per heavy atom. The van der Waals surface area contributed by atoms with Gasteiger partial charge in [0.05, 0.1) is 0 Å². The summed E-state index contributed by atoms with van der Waals surface area (Å²) in [6, 6.07) is 7.10. The van der Waals surface area contributed by atoms with Gasteiger partial charge < -0.3 is 9.88 Å². The first-order chi connectivity index (χ1) is 10.2. The highest BCUT2D eigenvalue weighted by Gasteiger charge is 2.12. The molecule has 1 aromatic heterocycles. The van der Waals surface area contributed by atoms with E-state index in [2.05, 4.69) is 17.2 Å². The SMILES string of the molecule is CCCNC(CSc1cccc(F)c1)Cc1nccn1C. The van der Waals surface area contributed by atoms with Gasteiger partial charge in [0.1, 0.15) is 11.6 Å². The first kappa shape index (κ1) is 16.0. The number of imidazole rings is 1. The maximum atomic E-state index is 13.2. The smallest absolute Gasteiger partial charge is 0.124 e. The molecule has 1 N–H and O–H groups in total. The van der Waals surface area contributed by atoms with Gasteiger partial charge in [0.2, 0.25) is 0 Å². The van der Waals surface area contributed by atoms with Crippen molar-refractivity contribution in [3.05, 3.63) is 48.3 Å². The van der Waals surface area contributed by atoms with Gasteiger partial charge in [0.25, 0.3) is 0 Å². The van der Waals surface area contributed by atoms with Crippen molar-refractivity contribution in [3.8, 4) is 0 Å². The molecule has 3 nitrogen and oxygen atoms in total. The van der Waals surface area contributed by atoms with Gasteiger partial charge in [-0.1, -0.05) is 13.0 Å². The van der Waals surface area contributed by atoms with Gasteiger partial charge in [-0.15, -0.1) is 11.8 Å². The van der Waals surface area contributed by atoms with Crippen molar-refractivity contribution in [1.29, 1.82) is 0 Å². The van der Waals surface area contributed by atoms with Crippen LogP contribution >= 0.6 is 11.8 Å². The van der Waals surface area contributed by atoms with Crippen LogP contribution in [-0.2, 0) is 13.5 Å². The molecule has 0 saturated carbocycles. The number of hydrogen-bond donors (Lipinski definition) is 1. The lowest BCUT2D eigenvalue weighted by molar-refractivity contribution is 0.532. The summed E-state index contributed by atoms with van der Waals surface area (Å²) in [5.41, 5.74) is 0. The first-order valence-electron chi connectivity index (χ1n) is 7.27. The lowest BCUT2D eigenvalue weighted by Gasteiger charge is -2.18. The predicted molar refractivity (Wildman–Crippen MR) is 86.1 cm³/mol. The van der Waals surface area contributed by atoms with Gasteiger partial charge in [0, 0.05) is 42.6 Å². The number of nitrogens with one attached hydrogen (secondary N) is 1. The van der Waals surface area contributed by atoms with Crippen LogP contribution in [0.1, 0.15) is 19.2 Å². The summed E-state index contributed by atoms with van der Waals surface area (Å²) in [5.74, 6) is 1.79. The molecule has 0 bridgehead atoms. The van der Waals surface area contributed by atoms with Crippen LogP contribution in [0.2, 0.25) is 0 Å². The van der Waals surface area contributed by atoms with E-state index < -0.39 is 0 Å². The van der Waals surface area contributed by atoms with Gasteiger partial charge in [-0.05, 0) is 31.2 Å². The Kier molecular flexibility index (Phi) is 6.26. The molecule has 21 heavy (non-hydrogen) atoms. The monoisotopic (exact) mass is 307 g/mol. The minimum Gasteiger partial charge on any atom is -0.338 e. The number of aromatic nitrogens is 2. The summed E-state index contributed by atoms with van der Waals surface area (Å²) in [5, 5.41) is 3.55. The van der Waals surface area contributed by atoms with Crippen molar-refractivity contribution in [3.63, 3.8) is 0 Å². The third-order valence-corrected chi connectivity index (χ3v) is 4.44. The molecule has 1 heterocycles. The number of thioether (sulfide) groups is 1. The van der Waals surface area contributed by atoms with Crippen LogP contribution in [0, 0.1) is 5.82 Å². The quantitative estimate of drug-likeness (QED) is 0.759. The van der Waals surface area contributed by atoms with Crippen LogP contribution in [0.15, 0.2) is 41.6 Å². The van der Waals surface area contributed by atoms with E-state index in [9.17, 15) is 4.39 Å². The van der Waals surface area contributed by atoms with E-state index in [1.807, 2.05) is 30.1 Å². The molecule has 1 aromatic carbocycles. The van der Waals surface area contributed by atoms with Gasteiger partial charge in [-0.2, -0.15) is 0 Å². The minimum absolute atomic E-state index is 0.179. The zero-order valence-electron chi connectivity index (χ0n) is 12.6. The van der Waals surface area contributed by atoms with Gasteiger partial charge >= 0.3 is 0 Å². The van der Waals surface area contributed by atoms with Crippen LogP contribution in [0.25, 0.3) is 0 Å². The lowest BCUT2D eigenvalue weighted by atomic mass is 10.2. The molecule has 0 aliphatic carbocycles. The van der Waals surface area contributed by atoms with Crippen molar-refractivity contribution in [2.24, 2.45) is 7.05 Å². The highest BCUT2D eigenvalue weighted by molar-refractivity contribution is 7.99. The average molecular weight is 307 g/mol. The van der Waals surface area contributed by atoms with Crippen molar-refractivity contribution >= 4 is 11.8 Å². The van der Waals surface area contributed by atoms with Gasteiger partial charge in [-0.25, -0.2) is 9.37 Å². The zero-order chi connectivity index (χ0) is 15.1. The fourth-order valence-corrected chi connectivity index (χ4v) is 3.11. The van der Waals surface area contributed by atoms with Crippen LogP contribution in [0.3, 0.4) is 0 Å². The second-order valence-corrected chi connectivity index (χ2v) is 6.17. The van der Waals surface area contributed by atoms with Crippen molar-refractivity contribution < 1.29 is 4.39 Å². The third kappa shape index (κ3) is 5.17. The highest BCUT2D eigenvalue weighted by atomic mass is 32.2. The van der Waals surface area contributed by atoms with Crippen molar-refractivity contribution in [1.82, 2.24) is 14.9 Å². The predicted octanol–water partition coefficient (Wildman–Crippen LogP) is 3.26. The summed E-state index contributed by atoms with van der Waals surface area (Å²) < 4.78 is 15.3. The number of hydrogen-bond acceptors (Lipinski definition) is 3. The number of nitrogens with zero attached hydrogens (tertiary/aromatic N) is 2. The van der Waals surface area contributed by atoms with E-state index in [1.165, 1.54) is 6.07 Å². The van der Waals surface area contributed by atoms with E-state index >= 15 is 0 Å². The molecular weight excluding hydrogens is 285 g/mol. The maximum Gasteiger partial charge on any atom is 0.124 e. The molecule has 0 fully saturated rings.